The Labute approximate surface area is 97.4 Å². The van der Waals surface area contributed by atoms with Gasteiger partial charge in [-0.15, -0.1) is 0 Å². The molecule has 5 nitrogen and oxygen atoms in total. The number of hydrogen-bond donors (Lipinski definition) is 0. The molecule has 0 fully saturated rings. The van der Waals surface area contributed by atoms with Crippen LogP contribution in [-0.2, 0) is 9.47 Å². The lowest BCUT2D eigenvalue weighted by Gasteiger charge is -2.25. The van der Waals surface area contributed by atoms with Crippen molar-refractivity contribution in [2.45, 2.75) is 33.8 Å². The standard InChI is InChI=1S/C9H16N2O3.C2H6/c1-7(2)14-9(12)11-5-4-10-8(6-11)13-3;1-2/h7H,4-6H2,1-3H3;1-2H3. The molecular weight excluding hydrogens is 208 g/mol. The maximum absolute atomic E-state index is 11.5. The summed E-state index contributed by atoms with van der Waals surface area (Å²) in [5.74, 6) is 0.581. The molecule has 0 aromatic rings. The van der Waals surface area contributed by atoms with Crippen LogP contribution >= 0.6 is 0 Å². The highest BCUT2D eigenvalue weighted by atomic mass is 16.6. The van der Waals surface area contributed by atoms with E-state index in [4.69, 9.17) is 9.47 Å². The topological polar surface area (TPSA) is 51.1 Å². The summed E-state index contributed by atoms with van der Waals surface area (Å²) in [6.07, 6.45) is -0.392. The van der Waals surface area contributed by atoms with Gasteiger partial charge in [0.15, 0.2) is 0 Å². The normalized spacial score (nSPS) is 14.9. The fourth-order valence-electron chi connectivity index (χ4n) is 1.15. The molecule has 0 aromatic carbocycles. The minimum absolute atomic E-state index is 0.0904. The summed E-state index contributed by atoms with van der Waals surface area (Å²) < 4.78 is 10.0. The minimum atomic E-state index is -0.301. The van der Waals surface area contributed by atoms with E-state index >= 15 is 0 Å². The molecule has 1 heterocycles. The van der Waals surface area contributed by atoms with Crippen molar-refractivity contribution in [2.24, 2.45) is 4.99 Å². The lowest BCUT2D eigenvalue weighted by atomic mass is 10.4. The maximum atomic E-state index is 11.5. The van der Waals surface area contributed by atoms with Gasteiger partial charge in [0, 0.05) is 6.54 Å². The van der Waals surface area contributed by atoms with E-state index in [1.165, 1.54) is 0 Å². The minimum Gasteiger partial charge on any atom is -0.483 e. The van der Waals surface area contributed by atoms with E-state index in [-0.39, 0.29) is 12.2 Å². The molecule has 0 bridgehead atoms. The number of nitrogens with zero attached hydrogens (tertiary/aromatic N) is 2. The molecule has 0 unspecified atom stereocenters. The van der Waals surface area contributed by atoms with Crippen LogP contribution in [0, 0.1) is 0 Å². The first-order chi connectivity index (χ1) is 7.63. The molecule has 1 rings (SSSR count). The Bertz CT molecular complexity index is 239. The van der Waals surface area contributed by atoms with Crippen molar-refractivity contribution in [2.75, 3.05) is 26.7 Å². The average Bonchev–Trinajstić information content (AvgIpc) is 2.31. The van der Waals surface area contributed by atoms with E-state index in [1.54, 1.807) is 12.0 Å². The SMILES string of the molecule is CC.COC1=NCCN(C(=O)OC(C)C)C1. The van der Waals surface area contributed by atoms with Crippen molar-refractivity contribution in [3.63, 3.8) is 0 Å². The number of aliphatic imine (C=N–C) groups is 1. The summed E-state index contributed by atoms with van der Waals surface area (Å²) in [6.45, 7) is 9.23. The zero-order valence-electron chi connectivity index (χ0n) is 10.8. The lowest BCUT2D eigenvalue weighted by molar-refractivity contribution is 0.0791. The molecule has 0 aliphatic carbocycles. The van der Waals surface area contributed by atoms with Crippen LogP contribution in [0.5, 0.6) is 0 Å². The van der Waals surface area contributed by atoms with Crippen LogP contribution in [0.25, 0.3) is 0 Å². The molecule has 0 radical (unpaired) electrons. The van der Waals surface area contributed by atoms with Crippen LogP contribution in [0.1, 0.15) is 27.7 Å². The van der Waals surface area contributed by atoms with Gasteiger partial charge in [-0.25, -0.2) is 4.79 Å². The van der Waals surface area contributed by atoms with E-state index < -0.39 is 0 Å². The second-order valence-corrected chi connectivity index (χ2v) is 3.33. The number of rotatable bonds is 1. The van der Waals surface area contributed by atoms with Crippen LogP contribution in [0.2, 0.25) is 0 Å². The molecule has 1 aliphatic rings. The van der Waals surface area contributed by atoms with Gasteiger partial charge in [0.25, 0.3) is 0 Å². The third-order valence-corrected chi connectivity index (χ3v) is 1.81. The number of carbonyl (C=O) groups excluding carboxylic acids is 1. The molecule has 1 aliphatic heterocycles. The molecule has 16 heavy (non-hydrogen) atoms. The number of ether oxygens (including phenoxy) is 2. The monoisotopic (exact) mass is 230 g/mol. The number of amides is 1. The molecule has 0 spiro atoms. The summed E-state index contributed by atoms with van der Waals surface area (Å²) in [6, 6.07) is 0. The average molecular weight is 230 g/mol. The van der Waals surface area contributed by atoms with E-state index in [9.17, 15) is 4.79 Å². The predicted octanol–water partition coefficient (Wildman–Crippen LogP) is 1.92. The van der Waals surface area contributed by atoms with Gasteiger partial charge in [-0.2, -0.15) is 0 Å². The predicted molar refractivity (Wildman–Crippen MR) is 63.8 cm³/mol. The van der Waals surface area contributed by atoms with Gasteiger partial charge in [-0.1, -0.05) is 13.8 Å². The zero-order valence-corrected chi connectivity index (χ0v) is 10.8. The van der Waals surface area contributed by atoms with E-state index in [1.807, 2.05) is 27.7 Å². The van der Waals surface area contributed by atoms with Crippen molar-refractivity contribution in [3.8, 4) is 0 Å². The Morgan fingerprint density at radius 3 is 2.56 bits per heavy atom. The fourth-order valence-corrected chi connectivity index (χ4v) is 1.15. The highest BCUT2D eigenvalue weighted by Crippen LogP contribution is 2.03. The summed E-state index contributed by atoms with van der Waals surface area (Å²) in [4.78, 5) is 17.2. The van der Waals surface area contributed by atoms with Crippen LogP contribution in [-0.4, -0.2) is 49.7 Å². The molecule has 5 heteroatoms. The fraction of sp³-hybridized carbons (Fsp3) is 0.818. The number of carbonyl (C=O) groups is 1. The van der Waals surface area contributed by atoms with Crippen molar-refractivity contribution >= 4 is 12.0 Å². The van der Waals surface area contributed by atoms with Gasteiger partial charge in [0.05, 0.1) is 26.3 Å². The highest BCUT2D eigenvalue weighted by molar-refractivity contribution is 5.83. The van der Waals surface area contributed by atoms with Gasteiger partial charge in [0.2, 0.25) is 5.90 Å². The number of methoxy groups -OCH3 is 1. The molecule has 0 saturated carbocycles. The van der Waals surface area contributed by atoms with Gasteiger partial charge in [-0.3, -0.25) is 9.89 Å². The van der Waals surface area contributed by atoms with Crippen molar-refractivity contribution in [1.29, 1.82) is 0 Å². The van der Waals surface area contributed by atoms with Gasteiger partial charge in [-0.05, 0) is 13.8 Å². The van der Waals surface area contributed by atoms with E-state index in [0.29, 0.717) is 25.5 Å². The third kappa shape index (κ3) is 5.00. The first-order valence-corrected chi connectivity index (χ1v) is 5.66. The summed E-state index contributed by atoms with van der Waals surface area (Å²) in [5.41, 5.74) is 0. The zero-order chi connectivity index (χ0) is 12.6. The summed E-state index contributed by atoms with van der Waals surface area (Å²) in [7, 11) is 1.55. The second-order valence-electron chi connectivity index (χ2n) is 3.33. The molecule has 0 aromatic heterocycles. The second kappa shape index (κ2) is 7.96. The quantitative estimate of drug-likeness (QED) is 0.691. The van der Waals surface area contributed by atoms with Crippen molar-refractivity contribution in [3.05, 3.63) is 0 Å². The Hall–Kier alpha value is -1.26. The maximum Gasteiger partial charge on any atom is 0.410 e. The van der Waals surface area contributed by atoms with E-state index in [0.717, 1.165) is 0 Å². The van der Waals surface area contributed by atoms with Crippen LogP contribution in [0.3, 0.4) is 0 Å². The highest BCUT2D eigenvalue weighted by Gasteiger charge is 2.21. The molecule has 94 valence electrons. The Balaban J connectivity index is 0.00000106. The van der Waals surface area contributed by atoms with Gasteiger partial charge >= 0.3 is 6.09 Å². The Morgan fingerprint density at radius 1 is 1.44 bits per heavy atom. The molecule has 0 saturated heterocycles. The van der Waals surface area contributed by atoms with Crippen LogP contribution in [0.4, 0.5) is 4.79 Å². The Morgan fingerprint density at radius 2 is 2.06 bits per heavy atom. The Kier molecular flexibility index (Phi) is 7.33. The number of hydrogen-bond acceptors (Lipinski definition) is 4. The molecular formula is C11H22N2O3. The van der Waals surface area contributed by atoms with Crippen molar-refractivity contribution in [1.82, 2.24) is 4.90 Å². The first-order valence-electron chi connectivity index (χ1n) is 5.66. The molecule has 0 N–H and O–H groups in total. The third-order valence-electron chi connectivity index (χ3n) is 1.81. The van der Waals surface area contributed by atoms with Gasteiger partial charge in [0.1, 0.15) is 0 Å². The first kappa shape index (κ1) is 14.7. The van der Waals surface area contributed by atoms with Crippen molar-refractivity contribution < 1.29 is 14.3 Å². The molecule has 0 atom stereocenters. The smallest absolute Gasteiger partial charge is 0.410 e. The summed E-state index contributed by atoms with van der Waals surface area (Å²) >= 11 is 0. The van der Waals surface area contributed by atoms with E-state index in [2.05, 4.69) is 4.99 Å². The molecule has 1 amide bonds. The van der Waals surface area contributed by atoms with Crippen LogP contribution in [0.15, 0.2) is 4.99 Å². The van der Waals surface area contributed by atoms with Gasteiger partial charge < -0.3 is 9.47 Å². The summed E-state index contributed by atoms with van der Waals surface area (Å²) in [5, 5.41) is 0. The lowest BCUT2D eigenvalue weighted by Crippen LogP contribution is -2.42. The largest absolute Gasteiger partial charge is 0.483 e. The van der Waals surface area contributed by atoms with Crippen LogP contribution < -0.4 is 0 Å².